The molecule has 1 aliphatic heterocycles. The molecule has 0 amide bonds. The maximum Gasteiger partial charge on any atom is 0.313 e. The zero-order valence-electron chi connectivity index (χ0n) is 13.1. The maximum absolute atomic E-state index is 10.5. The minimum Gasteiger partial charge on any atom is -0.481 e. The number of carboxylic acid groups (broad SMARTS) is 1. The molecule has 1 fully saturated rings. The molecule has 8 N–H and O–H groups in total. The Kier molecular flexibility index (Phi) is 8.84. The fourth-order valence-corrected chi connectivity index (χ4v) is 2.92. The van der Waals surface area contributed by atoms with Crippen LogP contribution in [0, 0.1) is 0 Å². The van der Waals surface area contributed by atoms with E-state index in [0.29, 0.717) is 0 Å². The lowest BCUT2D eigenvalue weighted by molar-refractivity contribution is -0.293. The molecule has 0 bridgehead atoms. The van der Waals surface area contributed by atoms with Crippen molar-refractivity contribution in [2.45, 2.75) is 55.9 Å². The summed E-state index contributed by atoms with van der Waals surface area (Å²) in [7, 11) is 0. The Balaban J connectivity index is 2.57. The van der Waals surface area contributed by atoms with Crippen molar-refractivity contribution in [3.8, 4) is 0 Å². The van der Waals surface area contributed by atoms with E-state index < -0.39 is 54.9 Å². The number of carbonyl (C=O) groups is 1. The second-order valence-corrected chi connectivity index (χ2v) is 6.68. The van der Waals surface area contributed by atoms with Crippen molar-refractivity contribution >= 4 is 17.7 Å². The van der Waals surface area contributed by atoms with Crippen LogP contribution in [-0.4, -0.2) is 104 Å². The first-order valence-electron chi connectivity index (χ1n) is 7.37. The molecule has 24 heavy (non-hydrogen) atoms. The highest BCUT2D eigenvalue weighted by Crippen LogP contribution is 2.24. The van der Waals surface area contributed by atoms with Gasteiger partial charge >= 0.3 is 5.97 Å². The molecule has 8 atom stereocenters. The third-order valence-electron chi connectivity index (χ3n) is 3.56. The van der Waals surface area contributed by atoms with Crippen molar-refractivity contribution in [2.75, 3.05) is 18.1 Å². The average Bonchev–Trinajstić information content (AvgIpc) is 2.52. The summed E-state index contributed by atoms with van der Waals surface area (Å²) in [5.41, 5.74) is 5.64. The summed E-state index contributed by atoms with van der Waals surface area (Å²) in [5.74, 6) is -1.17. The Morgan fingerprint density at radius 1 is 1.25 bits per heavy atom. The topological polar surface area (TPSA) is 183 Å². The summed E-state index contributed by atoms with van der Waals surface area (Å²) < 4.78 is 10.6. The SMILES string of the molecule is C[C@@H](O)[C@@H](O)[C@@H](N)CO[C@H]1OC(CSCC(=O)O)[C@H](O)C(O)C1O. The van der Waals surface area contributed by atoms with Gasteiger partial charge in [-0.25, -0.2) is 0 Å². The number of hydrogen-bond acceptors (Lipinski definition) is 10. The van der Waals surface area contributed by atoms with Gasteiger partial charge in [-0.15, -0.1) is 11.8 Å². The molecule has 0 saturated carbocycles. The molecule has 0 radical (unpaired) electrons. The number of aliphatic hydroxyl groups is 5. The van der Waals surface area contributed by atoms with Crippen molar-refractivity contribution in [3.05, 3.63) is 0 Å². The van der Waals surface area contributed by atoms with Gasteiger partial charge in [0, 0.05) is 5.75 Å². The van der Waals surface area contributed by atoms with Crippen molar-refractivity contribution in [1.29, 1.82) is 0 Å². The Labute approximate surface area is 143 Å². The molecule has 0 aromatic heterocycles. The van der Waals surface area contributed by atoms with Gasteiger partial charge in [0.05, 0.1) is 36.7 Å². The molecule has 3 unspecified atom stereocenters. The molecular formula is C13H25NO9S. The van der Waals surface area contributed by atoms with E-state index in [1.54, 1.807) is 0 Å². The van der Waals surface area contributed by atoms with Crippen LogP contribution < -0.4 is 5.73 Å². The van der Waals surface area contributed by atoms with Gasteiger partial charge < -0.3 is 45.8 Å². The smallest absolute Gasteiger partial charge is 0.313 e. The zero-order chi connectivity index (χ0) is 18.4. The third-order valence-corrected chi connectivity index (χ3v) is 4.58. The number of thioether (sulfide) groups is 1. The summed E-state index contributed by atoms with van der Waals surface area (Å²) >= 11 is 0.980. The van der Waals surface area contributed by atoms with E-state index in [9.17, 15) is 30.3 Å². The second-order valence-electron chi connectivity index (χ2n) is 5.65. The standard InChI is InChI=1S/C13H25NO9S/c1-5(15)9(18)6(14)2-22-13-12(21)11(20)10(19)7(23-13)3-24-4-8(16)17/h5-7,9-13,15,18-21H,2-4,14H2,1H3,(H,16,17)/t5-,6+,7?,9-,10+,11?,12?,13+/m1/s1. The van der Waals surface area contributed by atoms with Crippen molar-refractivity contribution < 1.29 is 44.9 Å². The van der Waals surface area contributed by atoms with Gasteiger partial charge in [-0.1, -0.05) is 0 Å². The van der Waals surface area contributed by atoms with E-state index in [1.807, 2.05) is 0 Å². The van der Waals surface area contributed by atoms with E-state index in [0.717, 1.165) is 11.8 Å². The Hall–Kier alpha value is -0.500. The molecule has 1 aliphatic rings. The first kappa shape index (κ1) is 21.5. The van der Waals surface area contributed by atoms with Crippen LogP contribution >= 0.6 is 11.8 Å². The van der Waals surface area contributed by atoms with Gasteiger partial charge in [0.25, 0.3) is 0 Å². The van der Waals surface area contributed by atoms with Gasteiger partial charge in [0.15, 0.2) is 6.29 Å². The van der Waals surface area contributed by atoms with Crippen molar-refractivity contribution in [3.63, 3.8) is 0 Å². The van der Waals surface area contributed by atoms with Crippen LogP contribution in [0.15, 0.2) is 0 Å². The number of aliphatic carboxylic acids is 1. The minimum absolute atomic E-state index is 0.0689. The number of ether oxygens (including phenoxy) is 2. The number of aliphatic hydroxyl groups excluding tert-OH is 5. The van der Waals surface area contributed by atoms with Gasteiger partial charge in [-0.3, -0.25) is 4.79 Å². The predicted octanol–water partition coefficient (Wildman–Crippen LogP) is -3.30. The fourth-order valence-electron chi connectivity index (χ4n) is 2.12. The number of nitrogens with two attached hydrogens (primary N) is 1. The summed E-state index contributed by atoms with van der Waals surface area (Å²) in [4.78, 5) is 10.5. The van der Waals surface area contributed by atoms with E-state index in [1.165, 1.54) is 6.92 Å². The first-order valence-corrected chi connectivity index (χ1v) is 8.53. The third kappa shape index (κ3) is 6.10. The monoisotopic (exact) mass is 371 g/mol. The van der Waals surface area contributed by atoms with Gasteiger partial charge in [0.2, 0.25) is 0 Å². The zero-order valence-corrected chi connectivity index (χ0v) is 14.0. The van der Waals surface area contributed by atoms with E-state index in [-0.39, 0.29) is 18.1 Å². The normalized spacial score (nSPS) is 34.5. The molecule has 10 nitrogen and oxygen atoms in total. The molecule has 0 spiro atoms. The molecule has 1 saturated heterocycles. The summed E-state index contributed by atoms with van der Waals surface area (Å²) in [5, 5.41) is 57.1. The lowest BCUT2D eigenvalue weighted by Gasteiger charge is -2.40. The summed E-state index contributed by atoms with van der Waals surface area (Å²) in [6.45, 7) is 1.08. The van der Waals surface area contributed by atoms with Crippen LogP contribution in [0.3, 0.4) is 0 Å². The number of rotatable bonds is 9. The molecule has 0 aliphatic carbocycles. The van der Waals surface area contributed by atoms with Gasteiger partial charge in [-0.05, 0) is 6.92 Å². The average molecular weight is 371 g/mol. The quantitative estimate of drug-likeness (QED) is 0.215. The van der Waals surface area contributed by atoms with Crippen LogP contribution in [0.1, 0.15) is 6.92 Å². The Morgan fingerprint density at radius 2 is 1.88 bits per heavy atom. The molecule has 1 heterocycles. The minimum atomic E-state index is -1.54. The van der Waals surface area contributed by atoms with Crippen LogP contribution in [0.5, 0.6) is 0 Å². The largest absolute Gasteiger partial charge is 0.481 e. The maximum atomic E-state index is 10.5. The highest BCUT2D eigenvalue weighted by molar-refractivity contribution is 7.99. The molecule has 0 aromatic rings. The van der Waals surface area contributed by atoms with Crippen LogP contribution in [-0.2, 0) is 14.3 Å². The highest BCUT2D eigenvalue weighted by Gasteiger charge is 2.44. The predicted molar refractivity (Wildman–Crippen MR) is 83.3 cm³/mol. The molecule has 0 aromatic carbocycles. The fraction of sp³-hybridized carbons (Fsp3) is 0.923. The molecule has 142 valence electrons. The van der Waals surface area contributed by atoms with Crippen molar-refractivity contribution in [1.82, 2.24) is 0 Å². The Morgan fingerprint density at radius 3 is 2.42 bits per heavy atom. The lowest BCUT2D eigenvalue weighted by atomic mass is 10.00. The second kappa shape index (κ2) is 9.85. The van der Waals surface area contributed by atoms with Crippen molar-refractivity contribution in [2.24, 2.45) is 5.73 Å². The Bertz CT molecular complexity index is 400. The summed E-state index contributed by atoms with van der Waals surface area (Å²) in [6, 6.07) is -0.954. The van der Waals surface area contributed by atoms with Crippen LogP contribution in [0.4, 0.5) is 0 Å². The highest BCUT2D eigenvalue weighted by atomic mass is 32.2. The number of carboxylic acids is 1. The van der Waals surface area contributed by atoms with E-state index in [2.05, 4.69) is 0 Å². The molecule has 1 rings (SSSR count). The van der Waals surface area contributed by atoms with Crippen LogP contribution in [0.25, 0.3) is 0 Å². The first-order chi connectivity index (χ1) is 11.1. The lowest BCUT2D eigenvalue weighted by Crippen LogP contribution is -2.59. The van der Waals surface area contributed by atoms with Gasteiger partial charge in [-0.2, -0.15) is 0 Å². The van der Waals surface area contributed by atoms with E-state index >= 15 is 0 Å². The van der Waals surface area contributed by atoms with E-state index in [4.69, 9.17) is 20.3 Å². The number of hydrogen-bond donors (Lipinski definition) is 7. The van der Waals surface area contributed by atoms with Gasteiger partial charge in [0.1, 0.15) is 18.3 Å². The molecule has 11 heteroatoms. The van der Waals surface area contributed by atoms with Crippen LogP contribution in [0.2, 0.25) is 0 Å². The molecular weight excluding hydrogens is 346 g/mol. The summed E-state index contributed by atoms with van der Waals surface area (Å²) in [6.07, 6.45) is -9.08.